The first-order chi connectivity index (χ1) is 8.19. The van der Waals surface area contributed by atoms with Crippen LogP contribution >= 0.6 is 11.3 Å². The molecule has 0 aliphatic heterocycles. The van der Waals surface area contributed by atoms with Crippen LogP contribution < -0.4 is 0 Å². The fraction of sp³-hybridized carbons (Fsp3) is 0.533. The summed E-state index contributed by atoms with van der Waals surface area (Å²) in [5, 5.41) is 1.23. The van der Waals surface area contributed by atoms with Crippen LogP contribution in [0.25, 0.3) is 10.2 Å². The number of para-hydroxylation sites is 1. The lowest BCUT2D eigenvalue weighted by Gasteiger charge is -1.94. The van der Waals surface area contributed by atoms with E-state index in [1.54, 1.807) is 11.3 Å². The molecule has 0 spiro atoms. The van der Waals surface area contributed by atoms with Crippen LogP contribution in [0.3, 0.4) is 0 Å². The van der Waals surface area contributed by atoms with Crippen LogP contribution in [0.2, 0.25) is 0 Å². The summed E-state index contributed by atoms with van der Waals surface area (Å²) in [5.41, 5.74) is 1.13. The van der Waals surface area contributed by atoms with E-state index < -0.39 is 0 Å². The van der Waals surface area contributed by atoms with Crippen molar-refractivity contribution in [2.45, 2.75) is 53.9 Å². The molecule has 0 atom stereocenters. The minimum Gasteiger partial charge on any atom is -0.241 e. The molecule has 0 saturated carbocycles. The smallest absolute Gasteiger partial charge is 0.0963 e. The Labute approximate surface area is 110 Å². The molecule has 0 unspecified atom stereocenters. The predicted molar refractivity (Wildman–Crippen MR) is 81.0 cm³/mol. The number of rotatable bonds is 1. The maximum atomic E-state index is 4.53. The Hall–Kier alpha value is -0.890. The van der Waals surface area contributed by atoms with Crippen molar-refractivity contribution in [3.63, 3.8) is 0 Å². The Balaban J connectivity index is 0.000000450. The van der Waals surface area contributed by atoms with E-state index in [2.05, 4.69) is 50.9 Å². The third-order valence-corrected chi connectivity index (χ3v) is 3.14. The van der Waals surface area contributed by atoms with Crippen molar-refractivity contribution in [1.82, 2.24) is 4.98 Å². The lowest BCUT2D eigenvalue weighted by Crippen LogP contribution is -1.82. The Morgan fingerprint density at radius 2 is 1.65 bits per heavy atom. The van der Waals surface area contributed by atoms with Gasteiger partial charge in [0.15, 0.2) is 0 Å². The maximum Gasteiger partial charge on any atom is 0.0963 e. The van der Waals surface area contributed by atoms with Gasteiger partial charge in [0.25, 0.3) is 0 Å². The molecule has 2 heteroatoms. The van der Waals surface area contributed by atoms with E-state index in [1.165, 1.54) is 16.1 Å². The summed E-state index contributed by atoms with van der Waals surface area (Å²) in [6.45, 7) is 12.6. The van der Waals surface area contributed by atoms with Crippen molar-refractivity contribution in [1.29, 1.82) is 0 Å². The number of nitrogens with zero attached hydrogens (tertiary/aromatic N) is 1. The van der Waals surface area contributed by atoms with E-state index in [-0.39, 0.29) is 0 Å². The molecule has 0 bridgehead atoms. The van der Waals surface area contributed by atoms with Crippen LogP contribution in [0, 0.1) is 0 Å². The van der Waals surface area contributed by atoms with Gasteiger partial charge in [0.2, 0.25) is 0 Å². The summed E-state index contributed by atoms with van der Waals surface area (Å²) in [4.78, 5) is 4.53. The highest BCUT2D eigenvalue weighted by molar-refractivity contribution is 7.18. The molecule has 2 rings (SSSR count). The second-order valence-electron chi connectivity index (χ2n) is 3.88. The van der Waals surface area contributed by atoms with Gasteiger partial charge >= 0.3 is 0 Å². The Kier molecular flexibility index (Phi) is 8.69. The van der Waals surface area contributed by atoms with Gasteiger partial charge in [-0.2, -0.15) is 0 Å². The molecule has 0 N–H and O–H groups in total. The van der Waals surface area contributed by atoms with Gasteiger partial charge in [-0.15, -0.1) is 11.3 Å². The summed E-state index contributed by atoms with van der Waals surface area (Å²) in [7, 11) is 0. The molecular formula is C15H25NS. The number of hydrogen-bond acceptors (Lipinski definition) is 2. The molecule has 0 saturated heterocycles. The van der Waals surface area contributed by atoms with E-state index in [9.17, 15) is 0 Å². The number of benzene rings is 1. The summed E-state index contributed by atoms with van der Waals surface area (Å²) < 4.78 is 1.29. The first-order valence-electron chi connectivity index (χ1n) is 6.54. The van der Waals surface area contributed by atoms with Gasteiger partial charge in [-0.25, -0.2) is 4.98 Å². The molecule has 96 valence electrons. The zero-order valence-corrected chi connectivity index (χ0v) is 12.8. The topological polar surface area (TPSA) is 12.9 Å². The largest absolute Gasteiger partial charge is 0.241 e. The predicted octanol–water partition coefficient (Wildman–Crippen LogP) is 5.86. The van der Waals surface area contributed by atoms with E-state index >= 15 is 0 Å². The van der Waals surface area contributed by atoms with E-state index in [0.717, 1.165) is 5.52 Å². The molecule has 0 radical (unpaired) electrons. The van der Waals surface area contributed by atoms with Gasteiger partial charge in [-0.3, -0.25) is 0 Å². The molecule has 1 aromatic carbocycles. The quantitative estimate of drug-likeness (QED) is 0.618. The van der Waals surface area contributed by atoms with Crippen molar-refractivity contribution < 1.29 is 0 Å². The summed E-state index contributed by atoms with van der Waals surface area (Å²) in [6, 6.07) is 8.29. The average Bonchev–Trinajstić information content (AvgIpc) is 2.76. The molecule has 0 aliphatic carbocycles. The monoisotopic (exact) mass is 251 g/mol. The zero-order chi connectivity index (χ0) is 13.3. The van der Waals surface area contributed by atoms with Gasteiger partial charge in [0.05, 0.1) is 15.2 Å². The first-order valence-corrected chi connectivity index (χ1v) is 7.36. The van der Waals surface area contributed by atoms with Crippen molar-refractivity contribution >= 4 is 21.6 Å². The van der Waals surface area contributed by atoms with Crippen molar-refractivity contribution in [2.24, 2.45) is 0 Å². The third-order valence-electron chi connectivity index (χ3n) is 1.80. The average molecular weight is 251 g/mol. The van der Waals surface area contributed by atoms with Gasteiger partial charge in [-0.1, -0.05) is 60.1 Å². The fourth-order valence-electron chi connectivity index (χ4n) is 1.14. The standard InChI is InChI=1S/C10H11NS.C3H8.C2H6/c1-7(2)10-11-8-5-3-4-6-9(8)12-10;1-3-2;1-2/h3-7H,1-2H3;3H2,1-2H3;1-2H3. The zero-order valence-electron chi connectivity index (χ0n) is 11.9. The Morgan fingerprint density at radius 3 is 2.12 bits per heavy atom. The summed E-state index contributed by atoms with van der Waals surface area (Å²) in [6.07, 6.45) is 1.25. The van der Waals surface area contributed by atoms with E-state index in [4.69, 9.17) is 0 Å². The molecule has 0 fully saturated rings. The molecular weight excluding hydrogens is 226 g/mol. The first kappa shape index (κ1) is 16.1. The highest BCUT2D eigenvalue weighted by atomic mass is 32.1. The molecule has 1 nitrogen and oxygen atoms in total. The number of aromatic nitrogens is 1. The second kappa shape index (κ2) is 9.17. The normalized spacial score (nSPS) is 9.35. The van der Waals surface area contributed by atoms with Crippen LogP contribution in [0.15, 0.2) is 24.3 Å². The molecule has 0 amide bonds. The van der Waals surface area contributed by atoms with E-state index in [1.807, 2.05) is 19.9 Å². The van der Waals surface area contributed by atoms with E-state index in [0.29, 0.717) is 5.92 Å². The molecule has 17 heavy (non-hydrogen) atoms. The maximum absolute atomic E-state index is 4.53. The SMILES string of the molecule is CC.CC(C)c1nc2ccccc2s1.CCC. The molecule has 1 heterocycles. The molecule has 2 aromatic rings. The Bertz CT molecular complexity index is 371. The lowest BCUT2D eigenvalue weighted by atomic mass is 10.2. The van der Waals surface area contributed by atoms with Gasteiger partial charge < -0.3 is 0 Å². The van der Waals surface area contributed by atoms with Crippen LogP contribution in [-0.4, -0.2) is 4.98 Å². The Morgan fingerprint density at radius 1 is 1.12 bits per heavy atom. The van der Waals surface area contributed by atoms with Crippen LogP contribution in [-0.2, 0) is 0 Å². The second-order valence-corrected chi connectivity index (χ2v) is 4.94. The minimum atomic E-state index is 0.544. The lowest BCUT2D eigenvalue weighted by molar-refractivity contribution is 0.857. The van der Waals surface area contributed by atoms with Crippen molar-refractivity contribution in [2.75, 3.05) is 0 Å². The van der Waals surface area contributed by atoms with Crippen molar-refractivity contribution in [3.8, 4) is 0 Å². The van der Waals surface area contributed by atoms with Crippen molar-refractivity contribution in [3.05, 3.63) is 29.3 Å². The molecule has 0 aliphatic rings. The number of thiazole rings is 1. The van der Waals surface area contributed by atoms with Gasteiger partial charge in [0.1, 0.15) is 0 Å². The van der Waals surface area contributed by atoms with Crippen LogP contribution in [0.4, 0.5) is 0 Å². The minimum absolute atomic E-state index is 0.544. The third kappa shape index (κ3) is 5.31. The fourth-order valence-corrected chi connectivity index (χ4v) is 2.11. The molecule has 1 aromatic heterocycles. The number of hydrogen-bond donors (Lipinski definition) is 0. The summed E-state index contributed by atoms with van der Waals surface area (Å²) >= 11 is 1.79. The highest BCUT2D eigenvalue weighted by Gasteiger charge is 2.05. The highest BCUT2D eigenvalue weighted by Crippen LogP contribution is 2.26. The van der Waals surface area contributed by atoms with Crippen LogP contribution in [0.1, 0.15) is 58.9 Å². The van der Waals surface area contributed by atoms with Crippen LogP contribution in [0.5, 0.6) is 0 Å². The summed E-state index contributed by atoms with van der Waals surface area (Å²) in [5.74, 6) is 0.544. The number of fused-ring (bicyclic) bond motifs is 1. The van der Waals surface area contributed by atoms with Gasteiger partial charge in [-0.05, 0) is 12.1 Å². The van der Waals surface area contributed by atoms with Gasteiger partial charge in [0, 0.05) is 5.92 Å².